The van der Waals surface area contributed by atoms with Crippen LogP contribution in [0.25, 0.3) is 0 Å². The maximum atomic E-state index is 3.36. The molecule has 0 saturated heterocycles. The van der Waals surface area contributed by atoms with Crippen molar-refractivity contribution in [2.45, 2.75) is 77.1 Å². The van der Waals surface area contributed by atoms with Crippen LogP contribution in [0.15, 0.2) is 0 Å². The molecule has 0 heterocycles. The molecule has 15 heavy (non-hydrogen) atoms. The van der Waals surface area contributed by atoms with E-state index in [0.717, 1.165) is 0 Å². The molecule has 1 atom stereocenters. The first-order valence-corrected chi connectivity index (χ1v) is 6.81. The SMILES string of the molecule is BC(C)(CCCCCCCCCC)NC. The lowest BCUT2D eigenvalue weighted by Gasteiger charge is -2.23. The predicted molar refractivity (Wildman–Crippen MR) is 73.2 cm³/mol. The molecule has 1 unspecified atom stereocenters. The fourth-order valence-corrected chi connectivity index (χ4v) is 1.83. The van der Waals surface area contributed by atoms with Crippen molar-refractivity contribution in [1.82, 2.24) is 5.32 Å². The molecule has 0 aromatic heterocycles. The van der Waals surface area contributed by atoms with E-state index in [1.807, 2.05) is 0 Å². The van der Waals surface area contributed by atoms with Gasteiger partial charge in [-0.05, 0) is 18.9 Å². The van der Waals surface area contributed by atoms with E-state index in [0.29, 0.717) is 5.44 Å². The molecule has 0 rings (SSSR count). The van der Waals surface area contributed by atoms with Gasteiger partial charge in [0.15, 0.2) is 0 Å². The molecule has 2 heteroatoms. The molecule has 90 valence electrons. The second-order valence-corrected chi connectivity index (χ2v) is 5.36. The highest BCUT2D eigenvalue weighted by molar-refractivity contribution is 6.14. The lowest BCUT2D eigenvalue weighted by molar-refractivity contribution is 0.461. The van der Waals surface area contributed by atoms with Gasteiger partial charge in [0.25, 0.3) is 0 Å². The largest absolute Gasteiger partial charge is 0.322 e. The average Bonchev–Trinajstić information content (AvgIpc) is 2.22. The molecule has 0 aliphatic rings. The van der Waals surface area contributed by atoms with Gasteiger partial charge in [0, 0.05) is 0 Å². The van der Waals surface area contributed by atoms with Crippen molar-refractivity contribution in [1.29, 1.82) is 0 Å². The van der Waals surface area contributed by atoms with Crippen LogP contribution in [0, 0.1) is 0 Å². The van der Waals surface area contributed by atoms with Gasteiger partial charge in [0.05, 0.1) is 0 Å². The smallest absolute Gasteiger partial charge is 0.127 e. The van der Waals surface area contributed by atoms with E-state index >= 15 is 0 Å². The molecule has 0 amide bonds. The Morgan fingerprint density at radius 3 is 1.87 bits per heavy atom. The molecular formula is C13H30BN. The zero-order valence-corrected chi connectivity index (χ0v) is 11.4. The Morgan fingerprint density at radius 1 is 0.933 bits per heavy atom. The summed E-state index contributed by atoms with van der Waals surface area (Å²) in [4.78, 5) is 0. The van der Waals surface area contributed by atoms with E-state index in [-0.39, 0.29) is 0 Å². The normalized spacial score (nSPS) is 15.1. The van der Waals surface area contributed by atoms with Crippen molar-refractivity contribution in [3.63, 3.8) is 0 Å². The fraction of sp³-hybridized carbons (Fsp3) is 1.00. The number of hydrogen-bond acceptors (Lipinski definition) is 1. The lowest BCUT2D eigenvalue weighted by Crippen LogP contribution is -2.39. The summed E-state index contributed by atoms with van der Waals surface area (Å²) in [5.41, 5.74) is 0.336. The molecular weight excluding hydrogens is 181 g/mol. The first kappa shape index (κ1) is 15.0. The van der Waals surface area contributed by atoms with Crippen molar-refractivity contribution >= 4 is 7.85 Å². The maximum Gasteiger partial charge on any atom is 0.127 e. The van der Waals surface area contributed by atoms with E-state index in [1.165, 1.54) is 57.8 Å². The first-order chi connectivity index (χ1) is 7.12. The summed E-state index contributed by atoms with van der Waals surface area (Å²) in [5, 5.41) is 3.36. The Labute approximate surface area is 97.8 Å². The van der Waals surface area contributed by atoms with Gasteiger partial charge in [-0.3, -0.25) is 0 Å². The Bertz CT molecular complexity index is 134. The van der Waals surface area contributed by atoms with Gasteiger partial charge in [0.2, 0.25) is 0 Å². The summed E-state index contributed by atoms with van der Waals surface area (Å²) >= 11 is 0. The van der Waals surface area contributed by atoms with Crippen LogP contribution in [0.5, 0.6) is 0 Å². The highest BCUT2D eigenvalue weighted by atomic mass is 14.9. The van der Waals surface area contributed by atoms with E-state index < -0.39 is 0 Å². The zero-order chi connectivity index (χ0) is 11.6. The van der Waals surface area contributed by atoms with Crippen LogP contribution in [-0.2, 0) is 0 Å². The molecule has 0 aliphatic carbocycles. The first-order valence-electron chi connectivity index (χ1n) is 6.81. The second-order valence-electron chi connectivity index (χ2n) is 5.36. The van der Waals surface area contributed by atoms with Gasteiger partial charge in [-0.1, -0.05) is 65.2 Å². The third-order valence-electron chi connectivity index (χ3n) is 3.33. The van der Waals surface area contributed by atoms with Gasteiger partial charge >= 0.3 is 0 Å². The van der Waals surface area contributed by atoms with Crippen LogP contribution in [0.1, 0.15) is 71.6 Å². The highest BCUT2D eigenvalue weighted by Gasteiger charge is 2.12. The number of hydrogen-bond donors (Lipinski definition) is 1. The Kier molecular flexibility index (Phi) is 9.28. The third-order valence-corrected chi connectivity index (χ3v) is 3.33. The molecule has 0 aromatic rings. The molecule has 1 N–H and O–H groups in total. The summed E-state index contributed by atoms with van der Waals surface area (Å²) in [6.45, 7) is 4.56. The Morgan fingerprint density at radius 2 is 1.40 bits per heavy atom. The van der Waals surface area contributed by atoms with Crippen LogP contribution >= 0.6 is 0 Å². The molecule has 0 fully saturated rings. The van der Waals surface area contributed by atoms with Crippen molar-refractivity contribution in [3.8, 4) is 0 Å². The zero-order valence-electron chi connectivity index (χ0n) is 11.4. The van der Waals surface area contributed by atoms with Crippen LogP contribution in [0.2, 0.25) is 0 Å². The van der Waals surface area contributed by atoms with Gasteiger partial charge in [-0.25, -0.2) is 0 Å². The van der Waals surface area contributed by atoms with Crippen LogP contribution in [0.4, 0.5) is 0 Å². The monoisotopic (exact) mass is 211 g/mol. The molecule has 0 radical (unpaired) electrons. The molecule has 0 saturated carbocycles. The van der Waals surface area contributed by atoms with E-state index in [2.05, 4.69) is 34.1 Å². The van der Waals surface area contributed by atoms with Crippen LogP contribution in [-0.4, -0.2) is 20.3 Å². The molecule has 0 aromatic carbocycles. The number of rotatable bonds is 10. The molecule has 0 aliphatic heterocycles. The standard InChI is InChI=1S/C13H30BN/c1-4-5-6-7-8-9-10-11-12-13(2,14)15-3/h15H,4-12,14H2,1-3H3. The molecule has 0 spiro atoms. The topological polar surface area (TPSA) is 12.0 Å². The van der Waals surface area contributed by atoms with E-state index in [4.69, 9.17) is 0 Å². The summed E-state index contributed by atoms with van der Waals surface area (Å²) < 4.78 is 0. The third kappa shape index (κ3) is 10.3. The van der Waals surface area contributed by atoms with Crippen molar-refractivity contribution in [2.75, 3.05) is 7.05 Å². The minimum atomic E-state index is 0.336. The second kappa shape index (κ2) is 9.27. The molecule has 0 bridgehead atoms. The van der Waals surface area contributed by atoms with Crippen LogP contribution < -0.4 is 5.32 Å². The van der Waals surface area contributed by atoms with Gasteiger partial charge in [-0.2, -0.15) is 0 Å². The number of unbranched alkanes of at least 4 members (excludes halogenated alkanes) is 7. The van der Waals surface area contributed by atoms with Crippen molar-refractivity contribution in [2.24, 2.45) is 0 Å². The predicted octanol–water partition coefficient (Wildman–Crippen LogP) is 3.09. The van der Waals surface area contributed by atoms with Crippen LogP contribution in [0.3, 0.4) is 0 Å². The van der Waals surface area contributed by atoms with E-state index in [1.54, 1.807) is 0 Å². The van der Waals surface area contributed by atoms with E-state index in [9.17, 15) is 0 Å². The van der Waals surface area contributed by atoms with Gasteiger partial charge < -0.3 is 5.32 Å². The average molecular weight is 211 g/mol. The summed E-state index contributed by atoms with van der Waals surface area (Å²) in [5.74, 6) is 0. The van der Waals surface area contributed by atoms with Crippen molar-refractivity contribution in [3.05, 3.63) is 0 Å². The van der Waals surface area contributed by atoms with Gasteiger partial charge in [-0.15, -0.1) is 0 Å². The fourth-order valence-electron chi connectivity index (χ4n) is 1.83. The number of nitrogens with one attached hydrogen (secondary N) is 1. The minimum Gasteiger partial charge on any atom is -0.322 e. The minimum absolute atomic E-state index is 0.336. The summed E-state index contributed by atoms with van der Waals surface area (Å²) in [7, 11) is 4.35. The lowest BCUT2D eigenvalue weighted by atomic mass is 9.76. The van der Waals surface area contributed by atoms with Crippen molar-refractivity contribution < 1.29 is 0 Å². The van der Waals surface area contributed by atoms with Gasteiger partial charge in [0.1, 0.15) is 7.85 Å². The Balaban J connectivity index is 3.11. The maximum absolute atomic E-state index is 3.36. The molecule has 1 nitrogen and oxygen atoms in total. The summed E-state index contributed by atoms with van der Waals surface area (Å²) in [6, 6.07) is 0. The Hall–Kier alpha value is 0.0249. The summed E-state index contributed by atoms with van der Waals surface area (Å²) in [6.07, 6.45) is 12.6. The highest BCUT2D eigenvalue weighted by Crippen LogP contribution is 2.13. The quantitative estimate of drug-likeness (QED) is 0.432.